The van der Waals surface area contributed by atoms with Gasteiger partial charge in [-0.15, -0.1) is 0 Å². The summed E-state index contributed by atoms with van der Waals surface area (Å²) in [6.45, 7) is 13.7. The average molecular weight is 432 g/mol. The normalized spacial score (nSPS) is 27.3. The van der Waals surface area contributed by atoms with E-state index in [1.165, 1.54) is 43.4 Å². The molecule has 1 atom stereocenters. The molecule has 0 unspecified atom stereocenters. The molecule has 2 heterocycles. The Bertz CT molecular complexity index is 851. The highest BCUT2D eigenvalue weighted by molar-refractivity contribution is 8.16. The fourth-order valence-electron chi connectivity index (χ4n) is 5.25. The van der Waals surface area contributed by atoms with Gasteiger partial charge in [0.15, 0.2) is 6.34 Å². The van der Waals surface area contributed by atoms with Crippen molar-refractivity contribution in [2.45, 2.75) is 59.8 Å². The quantitative estimate of drug-likeness (QED) is 0.689. The van der Waals surface area contributed by atoms with Crippen molar-refractivity contribution in [3.63, 3.8) is 0 Å². The van der Waals surface area contributed by atoms with Crippen molar-refractivity contribution in [3.8, 4) is 0 Å². The van der Waals surface area contributed by atoms with Crippen molar-refractivity contribution in [2.75, 3.05) is 31.0 Å². The van der Waals surface area contributed by atoms with Crippen LogP contribution in [0.1, 0.15) is 59.8 Å². The van der Waals surface area contributed by atoms with Gasteiger partial charge in [0.05, 0.1) is 29.8 Å². The van der Waals surface area contributed by atoms with E-state index in [0.717, 1.165) is 31.6 Å². The molecule has 1 N–H and O–H groups in total. The average Bonchev–Trinajstić information content (AvgIpc) is 3.01. The lowest BCUT2D eigenvalue weighted by molar-refractivity contribution is -0.868. The van der Waals surface area contributed by atoms with Crippen molar-refractivity contribution < 1.29 is 4.90 Å². The molecule has 0 saturated carbocycles. The van der Waals surface area contributed by atoms with Gasteiger partial charge in [0.2, 0.25) is 0 Å². The van der Waals surface area contributed by atoms with E-state index >= 15 is 0 Å². The number of piperidine rings is 1. The van der Waals surface area contributed by atoms with E-state index in [9.17, 15) is 0 Å². The van der Waals surface area contributed by atoms with Crippen LogP contribution in [0.15, 0.2) is 46.4 Å². The maximum atomic E-state index is 6.69. The van der Waals surface area contributed by atoms with E-state index < -0.39 is 6.34 Å². The lowest BCUT2D eigenvalue weighted by atomic mass is 9.78. The van der Waals surface area contributed by atoms with Gasteiger partial charge in [0.1, 0.15) is 5.70 Å². The number of nitrogens with one attached hydrogen (secondary N) is 1. The molecule has 1 aromatic rings. The smallest absolute Gasteiger partial charge is 0.158 e. The fraction of sp³-hybridized carbons (Fsp3) is 0.609. The topological polar surface area (TPSA) is 23.3 Å². The highest BCUT2D eigenvalue weighted by atomic mass is 32.4. The first kappa shape index (κ1) is 21.2. The second-order valence-corrected chi connectivity index (χ2v) is 13.4. The summed E-state index contributed by atoms with van der Waals surface area (Å²) in [5.41, 5.74) is 4.25. The summed E-state index contributed by atoms with van der Waals surface area (Å²) in [7, 11) is 0. The third kappa shape index (κ3) is 3.76. The van der Waals surface area contributed by atoms with Crippen molar-refractivity contribution in [1.29, 1.82) is 0 Å². The molecule has 0 bridgehead atoms. The van der Waals surface area contributed by atoms with E-state index in [-0.39, 0.29) is 5.41 Å². The predicted molar refractivity (Wildman–Crippen MR) is 128 cm³/mol. The molecule has 2 aliphatic heterocycles. The van der Waals surface area contributed by atoms with Crippen LogP contribution in [-0.2, 0) is 11.8 Å². The van der Waals surface area contributed by atoms with Crippen molar-refractivity contribution >= 4 is 29.5 Å². The molecule has 1 aromatic carbocycles. The number of allylic oxidation sites excluding steroid dienone is 2. The van der Waals surface area contributed by atoms with Crippen LogP contribution in [0.2, 0.25) is 0 Å². The van der Waals surface area contributed by atoms with Gasteiger partial charge in [0.25, 0.3) is 0 Å². The van der Waals surface area contributed by atoms with Crippen LogP contribution in [-0.4, -0.2) is 36.6 Å². The zero-order chi connectivity index (χ0) is 20.6. The molecule has 1 aliphatic carbocycles. The van der Waals surface area contributed by atoms with Gasteiger partial charge >= 0.3 is 0 Å². The molecule has 6 heteroatoms. The monoisotopic (exact) mass is 431 g/mol. The highest BCUT2D eigenvalue weighted by Gasteiger charge is 2.51. The number of quaternary nitrogens is 1. The van der Waals surface area contributed by atoms with Crippen molar-refractivity contribution in [2.24, 2.45) is 10.5 Å². The van der Waals surface area contributed by atoms with Crippen LogP contribution >= 0.6 is 6.34 Å². The number of hydrogen-bond acceptors (Lipinski definition) is 2. The van der Waals surface area contributed by atoms with E-state index in [2.05, 4.69) is 67.5 Å². The van der Waals surface area contributed by atoms with Gasteiger partial charge in [-0.05, 0) is 55.0 Å². The van der Waals surface area contributed by atoms with Crippen molar-refractivity contribution in [1.82, 2.24) is 4.67 Å². The zero-order valence-electron chi connectivity index (χ0n) is 18.4. The molecule has 0 amide bonds. The standard InChI is InChI=1S/C23H35N4PS/c1-5-26(6-2)28(29)22-20(24-27(28)19-13-9-7-10-14-19)17-23(3,4)18-21(22)25-15-11-8-12-16-25/h7,9-10,13-14H,5-6,8,11-12,15-18H2,1-4H3/p+1/t28-/m0/s1. The molecule has 4 nitrogen and oxygen atoms in total. The molecular formula is C23H36N4PS+. The number of anilines is 1. The van der Waals surface area contributed by atoms with Crippen LogP contribution in [0.3, 0.4) is 0 Å². The number of benzene rings is 1. The summed E-state index contributed by atoms with van der Waals surface area (Å²) in [6.07, 6.45) is 4.04. The molecule has 0 radical (unpaired) electrons. The number of hydrogen-bond donors (Lipinski definition) is 1. The molecule has 3 aliphatic rings. The molecular weight excluding hydrogens is 395 g/mol. The SMILES string of the molecule is CCN(CC)[P@@]1(=S)C2=C([NH+]3CCCCC3)CC(C)(C)CC2=NN1c1ccccc1. The summed E-state index contributed by atoms with van der Waals surface area (Å²) in [4.78, 5) is 1.68. The second-order valence-electron chi connectivity index (χ2n) is 9.36. The van der Waals surface area contributed by atoms with Gasteiger partial charge in [-0.3, -0.25) is 4.67 Å². The summed E-state index contributed by atoms with van der Waals surface area (Å²) < 4.78 is 4.79. The van der Waals surface area contributed by atoms with E-state index in [1.807, 2.05) is 0 Å². The van der Waals surface area contributed by atoms with Gasteiger partial charge in [0, 0.05) is 19.5 Å². The Balaban J connectivity index is 1.92. The van der Waals surface area contributed by atoms with Crippen LogP contribution in [0.5, 0.6) is 0 Å². The summed E-state index contributed by atoms with van der Waals surface area (Å²) in [5.74, 6) is 0. The molecule has 158 valence electrons. The summed E-state index contributed by atoms with van der Waals surface area (Å²) in [6, 6.07) is 10.6. The third-order valence-electron chi connectivity index (χ3n) is 6.61. The fourth-order valence-corrected chi connectivity index (χ4v) is 10.2. The first-order valence-electron chi connectivity index (χ1n) is 11.3. The number of fused-ring (bicyclic) bond motifs is 1. The van der Waals surface area contributed by atoms with E-state index in [0.29, 0.717) is 0 Å². The molecule has 1 saturated heterocycles. The van der Waals surface area contributed by atoms with Crippen LogP contribution in [0.4, 0.5) is 5.69 Å². The maximum Gasteiger partial charge on any atom is 0.158 e. The van der Waals surface area contributed by atoms with Crippen molar-refractivity contribution in [3.05, 3.63) is 41.3 Å². The molecule has 0 spiro atoms. The number of likely N-dealkylation sites (tertiary alicyclic amines) is 1. The first-order chi connectivity index (χ1) is 13.9. The van der Waals surface area contributed by atoms with Gasteiger partial charge in [-0.1, -0.05) is 45.9 Å². The van der Waals surface area contributed by atoms with Crippen LogP contribution < -0.4 is 9.68 Å². The minimum Gasteiger partial charge on any atom is -0.305 e. The van der Waals surface area contributed by atoms with Gasteiger partial charge in [-0.2, -0.15) is 5.10 Å². The Morgan fingerprint density at radius 1 is 1.07 bits per heavy atom. The molecule has 0 aromatic heterocycles. The predicted octanol–water partition coefficient (Wildman–Crippen LogP) is 4.61. The molecule has 4 rings (SSSR count). The Labute approximate surface area is 181 Å². The van der Waals surface area contributed by atoms with Crippen LogP contribution in [0.25, 0.3) is 0 Å². The Morgan fingerprint density at radius 3 is 2.34 bits per heavy atom. The second kappa shape index (κ2) is 8.26. The number of rotatable bonds is 5. The van der Waals surface area contributed by atoms with Crippen LogP contribution in [0, 0.1) is 5.41 Å². The first-order valence-corrected chi connectivity index (χ1v) is 14.0. The summed E-state index contributed by atoms with van der Waals surface area (Å²) >= 11 is 6.69. The highest BCUT2D eigenvalue weighted by Crippen LogP contribution is 2.68. The Morgan fingerprint density at radius 2 is 1.72 bits per heavy atom. The van der Waals surface area contributed by atoms with E-state index in [4.69, 9.17) is 16.9 Å². The minimum absolute atomic E-state index is 0.248. The Hall–Kier alpha value is -1.00. The maximum absolute atomic E-state index is 6.69. The third-order valence-corrected chi connectivity index (χ3v) is 11.6. The molecule has 1 fully saturated rings. The zero-order valence-corrected chi connectivity index (χ0v) is 20.2. The lowest BCUT2D eigenvalue weighted by Crippen LogP contribution is -3.11. The van der Waals surface area contributed by atoms with Gasteiger partial charge in [-0.25, -0.2) is 4.78 Å². The van der Waals surface area contributed by atoms with Gasteiger partial charge < -0.3 is 4.90 Å². The Kier molecular flexibility index (Phi) is 6.05. The minimum atomic E-state index is -2.17. The summed E-state index contributed by atoms with van der Waals surface area (Å²) in [5, 5.41) is 6.73. The lowest BCUT2D eigenvalue weighted by Gasteiger charge is -2.41. The number of nitrogens with zero attached hydrogens (tertiary/aromatic N) is 3. The largest absolute Gasteiger partial charge is 0.305 e. The number of hydrazone groups is 1. The molecule has 29 heavy (non-hydrogen) atoms. The number of para-hydroxylation sites is 1. The van der Waals surface area contributed by atoms with E-state index in [1.54, 1.807) is 10.6 Å².